The monoisotopic (exact) mass is 553 g/mol. The van der Waals surface area contributed by atoms with Gasteiger partial charge in [0.2, 0.25) is 0 Å². The number of anilines is 1. The van der Waals surface area contributed by atoms with Crippen LogP contribution in [0.4, 0.5) is 14.9 Å². The highest BCUT2D eigenvalue weighted by atomic mass is 35.5. The minimum atomic E-state index is -0.557. The lowest BCUT2D eigenvalue weighted by Gasteiger charge is -2.37. The SMILES string of the molecule is [2H]COC1CCC(n2c([C@@H]3CCOC(=O)N3c3ccc(F)c(Cl)c3)nc3cc(-c4c(C)noc4C)ccc32)CC1. The number of carbonyl (C=O) groups excluding carboxylic acids is 1. The van der Waals surface area contributed by atoms with Gasteiger partial charge in [0.05, 0.1) is 35.8 Å². The van der Waals surface area contributed by atoms with Crippen molar-refractivity contribution in [1.29, 1.82) is 0 Å². The number of rotatable bonds is 5. The maximum absolute atomic E-state index is 14.0. The van der Waals surface area contributed by atoms with Crippen LogP contribution >= 0.6 is 11.6 Å². The van der Waals surface area contributed by atoms with E-state index in [1.165, 1.54) is 23.1 Å². The third kappa shape index (κ3) is 4.57. The van der Waals surface area contributed by atoms with E-state index in [0.717, 1.165) is 65.1 Å². The van der Waals surface area contributed by atoms with E-state index < -0.39 is 18.0 Å². The Morgan fingerprint density at radius 1 is 1.13 bits per heavy atom. The number of carbonyl (C=O) groups is 1. The Bertz CT molecular complexity index is 1550. The van der Waals surface area contributed by atoms with Gasteiger partial charge in [-0.15, -0.1) is 0 Å². The number of methoxy groups -OCH3 is 1. The summed E-state index contributed by atoms with van der Waals surface area (Å²) in [7, 11) is -0.0432. The quantitative estimate of drug-likeness (QED) is 0.257. The lowest BCUT2D eigenvalue weighted by Crippen LogP contribution is -2.42. The molecule has 1 saturated heterocycles. The molecule has 0 unspecified atom stereocenters. The number of aromatic nitrogens is 3. The van der Waals surface area contributed by atoms with Gasteiger partial charge in [-0.05, 0) is 75.4 Å². The summed E-state index contributed by atoms with van der Waals surface area (Å²) in [5.41, 5.74) is 4.91. The molecular formula is C29H30ClFN4O4. The Morgan fingerprint density at radius 3 is 2.67 bits per heavy atom. The van der Waals surface area contributed by atoms with E-state index in [1.54, 1.807) is 0 Å². The summed E-state index contributed by atoms with van der Waals surface area (Å²) >= 11 is 6.11. The molecule has 6 rings (SSSR count). The molecular weight excluding hydrogens is 523 g/mol. The smallest absolute Gasteiger partial charge is 0.414 e. The molecule has 1 atom stereocenters. The third-order valence-electron chi connectivity index (χ3n) is 7.89. The van der Waals surface area contributed by atoms with Crippen molar-refractivity contribution < 1.29 is 24.6 Å². The molecule has 4 aromatic rings. The number of benzene rings is 2. The minimum Gasteiger partial charge on any atom is -0.449 e. The summed E-state index contributed by atoms with van der Waals surface area (Å²) in [6.07, 6.45) is 3.44. The number of hydrogen-bond donors (Lipinski definition) is 0. The van der Waals surface area contributed by atoms with Crippen molar-refractivity contribution in [2.75, 3.05) is 18.6 Å². The summed E-state index contributed by atoms with van der Waals surface area (Å²) < 4.78 is 40.1. The Morgan fingerprint density at radius 2 is 1.95 bits per heavy atom. The number of imidazole rings is 1. The van der Waals surface area contributed by atoms with Crippen molar-refractivity contribution in [3.63, 3.8) is 0 Å². The van der Waals surface area contributed by atoms with Gasteiger partial charge in [0, 0.05) is 30.8 Å². The number of halogens is 2. The molecule has 2 aromatic carbocycles. The predicted octanol–water partition coefficient (Wildman–Crippen LogP) is 7.32. The van der Waals surface area contributed by atoms with E-state index in [9.17, 15) is 9.18 Å². The fourth-order valence-electron chi connectivity index (χ4n) is 6.01. The highest BCUT2D eigenvalue weighted by molar-refractivity contribution is 6.31. The first-order chi connectivity index (χ1) is 19.4. The molecule has 1 saturated carbocycles. The van der Waals surface area contributed by atoms with E-state index in [2.05, 4.69) is 21.9 Å². The summed E-state index contributed by atoms with van der Waals surface area (Å²) in [5.74, 6) is 0.921. The number of fused-ring (bicyclic) bond motifs is 1. The van der Waals surface area contributed by atoms with Crippen molar-refractivity contribution in [2.45, 2.75) is 64.1 Å². The van der Waals surface area contributed by atoms with E-state index >= 15 is 0 Å². The summed E-state index contributed by atoms with van der Waals surface area (Å²) in [6.45, 7) is 4.05. The molecule has 1 amide bonds. The first kappa shape index (κ1) is 24.6. The van der Waals surface area contributed by atoms with Crippen LogP contribution in [0.2, 0.25) is 5.02 Å². The van der Waals surface area contributed by atoms with Gasteiger partial charge >= 0.3 is 6.09 Å². The molecule has 204 valence electrons. The molecule has 0 radical (unpaired) electrons. The number of cyclic esters (lactones) is 1. The molecule has 2 fully saturated rings. The van der Waals surface area contributed by atoms with Crippen molar-refractivity contribution in [1.82, 2.24) is 14.7 Å². The highest BCUT2D eigenvalue weighted by Crippen LogP contribution is 2.41. The molecule has 0 bridgehead atoms. The maximum Gasteiger partial charge on any atom is 0.414 e. The standard InChI is InChI=1S/C29H30ClFN4O4/c1-16-27(17(2)39-33-16)18-4-11-25-24(14-18)32-28(34(25)19-5-8-21(37-3)9-6-19)26-12-13-38-29(36)35(26)20-7-10-23(31)22(30)15-20/h4,7,10-11,14-15,19,21,26H,5-6,8-9,12-13H2,1-3H3/t19?,21?,26-/m0/s1/i3D. The lowest BCUT2D eigenvalue weighted by molar-refractivity contribution is 0.0582. The normalized spacial score (nSPS) is 22.3. The van der Waals surface area contributed by atoms with Crippen molar-refractivity contribution in [2.24, 2.45) is 0 Å². The van der Waals surface area contributed by atoms with Crippen LogP contribution in [0.5, 0.6) is 0 Å². The zero-order valence-corrected chi connectivity index (χ0v) is 22.6. The van der Waals surface area contributed by atoms with Gasteiger partial charge in [0.25, 0.3) is 0 Å². The molecule has 8 nitrogen and oxygen atoms in total. The molecule has 39 heavy (non-hydrogen) atoms. The fourth-order valence-corrected chi connectivity index (χ4v) is 6.18. The lowest BCUT2D eigenvalue weighted by atomic mass is 9.92. The van der Waals surface area contributed by atoms with Crippen molar-refractivity contribution in [3.8, 4) is 11.1 Å². The van der Waals surface area contributed by atoms with Gasteiger partial charge in [-0.1, -0.05) is 22.8 Å². The molecule has 2 aromatic heterocycles. The Hall–Kier alpha value is -3.43. The van der Waals surface area contributed by atoms with Gasteiger partial charge in [-0.2, -0.15) is 0 Å². The second-order valence-corrected chi connectivity index (χ2v) is 10.6. The number of nitrogens with zero attached hydrogens (tertiary/aromatic N) is 4. The number of hydrogen-bond acceptors (Lipinski definition) is 6. The van der Waals surface area contributed by atoms with Crippen molar-refractivity contribution in [3.05, 3.63) is 64.5 Å². The Balaban J connectivity index is 1.48. The summed E-state index contributed by atoms with van der Waals surface area (Å²) in [5, 5.41) is 4.04. The van der Waals surface area contributed by atoms with E-state index in [4.69, 9.17) is 32.0 Å². The summed E-state index contributed by atoms with van der Waals surface area (Å²) in [4.78, 5) is 19.8. The van der Waals surface area contributed by atoms with Crippen LogP contribution in [0, 0.1) is 19.7 Å². The van der Waals surface area contributed by atoms with E-state index in [0.29, 0.717) is 12.1 Å². The van der Waals surface area contributed by atoms with Gasteiger partial charge in [0.15, 0.2) is 0 Å². The Kier molecular flexibility index (Phi) is 6.48. The van der Waals surface area contributed by atoms with E-state index in [-0.39, 0.29) is 30.9 Å². The van der Waals surface area contributed by atoms with Gasteiger partial charge in [0.1, 0.15) is 23.4 Å². The van der Waals surface area contributed by atoms with Crippen LogP contribution in [0.25, 0.3) is 22.2 Å². The number of ether oxygens (including phenoxy) is 2. The van der Waals surface area contributed by atoms with Crippen LogP contribution in [-0.2, 0) is 9.47 Å². The zero-order chi connectivity index (χ0) is 28.0. The number of amides is 1. The predicted molar refractivity (Wildman–Crippen MR) is 146 cm³/mol. The number of aryl methyl sites for hydroxylation is 2. The maximum atomic E-state index is 14.0. The van der Waals surface area contributed by atoms with Crippen LogP contribution in [0.1, 0.15) is 62.8 Å². The fraction of sp³-hybridized carbons (Fsp3) is 0.414. The second kappa shape index (κ2) is 10.3. The third-order valence-corrected chi connectivity index (χ3v) is 8.18. The molecule has 3 heterocycles. The van der Waals surface area contributed by atoms with Crippen LogP contribution < -0.4 is 4.90 Å². The average molecular weight is 554 g/mol. The van der Waals surface area contributed by atoms with E-state index in [1.807, 2.05) is 19.9 Å². The van der Waals surface area contributed by atoms with Crippen molar-refractivity contribution >= 4 is 34.4 Å². The molecule has 2 aliphatic rings. The first-order valence-corrected chi connectivity index (χ1v) is 13.5. The molecule has 10 heteroatoms. The topological polar surface area (TPSA) is 82.6 Å². The second-order valence-electron chi connectivity index (χ2n) is 10.2. The molecule has 1 aliphatic carbocycles. The van der Waals surface area contributed by atoms with Gasteiger partial charge in [-0.25, -0.2) is 14.2 Å². The Labute approximate surface area is 232 Å². The molecule has 0 N–H and O–H groups in total. The van der Waals surface area contributed by atoms with Crippen LogP contribution in [0.3, 0.4) is 0 Å². The molecule has 0 spiro atoms. The van der Waals surface area contributed by atoms with Gasteiger partial charge in [-0.3, -0.25) is 4.90 Å². The summed E-state index contributed by atoms with van der Waals surface area (Å²) in [6, 6.07) is 10.1. The highest BCUT2D eigenvalue weighted by Gasteiger charge is 2.38. The minimum absolute atomic E-state index is 0.0432. The zero-order valence-electron chi connectivity index (χ0n) is 22.8. The first-order valence-electron chi connectivity index (χ1n) is 13.8. The average Bonchev–Trinajstić information content (AvgIpc) is 3.49. The van der Waals surface area contributed by atoms with Crippen LogP contribution in [-0.4, -0.2) is 40.6 Å². The van der Waals surface area contributed by atoms with Crippen LogP contribution in [0.15, 0.2) is 40.9 Å². The largest absolute Gasteiger partial charge is 0.449 e. The van der Waals surface area contributed by atoms with Gasteiger partial charge < -0.3 is 18.6 Å². The molecule has 1 aliphatic heterocycles.